The maximum atomic E-state index is 9.60. The number of carboxylic acids is 1. The molecule has 0 aliphatic heterocycles. The first-order valence-electron chi connectivity index (χ1n) is 1.99. The molecular weight excluding hydrogens is 168 g/mol. The van der Waals surface area contributed by atoms with E-state index in [9.17, 15) is 4.79 Å². The van der Waals surface area contributed by atoms with E-state index in [2.05, 4.69) is 0 Å². The summed E-state index contributed by atoms with van der Waals surface area (Å²) in [6.07, 6.45) is 1.02. The van der Waals surface area contributed by atoms with Crippen molar-refractivity contribution in [1.82, 2.24) is 0 Å². The van der Waals surface area contributed by atoms with Crippen LogP contribution in [0, 0.1) is 0 Å². The normalized spacial score (nSPS) is 7.00. The second-order valence-electron chi connectivity index (χ2n) is 1.14. The molecule has 0 spiro atoms. The van der Waals surface area contributed by atoms with Crippen LogP contribution in [0.1, 0.15) is 19.8 Å². The van der Waals surface area contributed by atoms with Gasteiger partial charge in [-0.2, -0.15) is 0 Å². The molecule has 0 radical (unpaired) electrons. The molecule has 0 aromatic heterocycles. The molecule has 40 valence electrons. The van der Waals surface area contributed by atoms with Gasteiger partial charge in [0.15, 0.2) is 0 Å². The van der Waals surface area contributed by atoms with E-state index in [0.717, 1.165) is 6.42 Å². The third-order valence-electron chi connectivity index (χ3n) is 0.464. The van der Waals surface area contributed by atoms with E-state index in [1.165, 1.54) is 0 Å². The first-order valence-corrected chi connectivity index (χ1v) is 1.99. The van der Waals surface area contributed by atoms with E-state index >= 15 is 0 Å². The zero-order valence-electron chi connectivity index (χ0n) is 3.77. The van der Waals surface area contributed by atoms with Gasteiger partial charge in [-0.3, -0.25) is 4.79 Å². The second-order valence-corrected chi connectivity index (χ2v) is 1.14. The van der Waals surface area contributed by atoms with E-state index in [0.29, 0.717) is 6.42 Å². The number of rotatable bonds is 2. The van der Waals surface area contributed by atoms with Crippen molar-refractivity contribution >= 4 is 51.5 Å². The van der Waals surface area contributed by atoms with Crippen LogP contribution in [0.5, 0.6) is 0 Å². The van der Waals surface area contributed by atoms with Gasteiger partial charge >= 0.3 is 51.5 Å². The fraction of sp³-hybridized carbons (Fsp3) is 0.750. The molecule has 0 aromatic carbocycles. The summed E-state index contributed by atoms with van der Waals surface area (Å²) in [5.74, 6) is -0.711. The van der Waals surface area contributed by atoms with Crippen molar-refractivity contribution in [3.63, 3.8) is 0 Å². The van der Waals surface area contributed by atoms with E-state index in [1.807, 2.05) is 6.92 Å². The molecule has 0 fully saturated rings. The van der Waals surface area contributed by atoms with Crippen molar-refractivity contribution in [2.24, 2.45) is 0 Å². The molecule has 0 heterocycles. The molecule has 3 heteroatoms. The summed E-state index contributed by atoms with van der Waals surface area (Å²) in [7, 11) is 0. The summed E-state index contributed by atoms with van der Waals surface area (Å²) in [6, 6.07) is 0. The number of aliphatic carboxylic acids is 1. The summed E-state index contributed by atoms with van der Waals surface area (Å²) < 4.78 is 0. The third-order valence-corrected chi connectivity index (χ3v) is 0.464. The van der Waals surface area contributed by atoms with Crippen molar-refractivity contribution in [1.29, 1.82) is 0 Å². The van der Waals surface area contributed by atoms with E-state index in [-0.39, 0.29) is 45.5 Å². The van der Waals surface area contributed by atoms with Crippen LogP contribution in [0.15, 0.2) is 0 Å². The Balaban J connectivity index is 0. The van der Waals surface area contributed by atoms with Crippen molar-refractivity contribution in [3.8, 4) is 0 Å². The molecule has 0 rings (SSSR count). The first-order chi connectivity index (χ1) is 2.77. The Labute approximate surface area is 80.2 Å². The molecule has 0 atom stereocenters. The SMILES string of the molecule is CCCC(=O)O.[SrH2]. The van der Waals surface area contributed by atoms with Gasteiger partial charge in [0.25, 0.3) is 0 Å². The summed E-state index contributed by atoms with van der Waals surface area (Å²) in [6.45, 7) is 1.84. The van der Waals surface area contributed by atoms with Gasteiger partial charge < -0.3 is 5.11 Å². The molecule has 0 bridgehead atoms. The van der Waals surface area contributed by atoms with Gasteiger partial charge in [-0.15, -0.1) is 0 Å². The van der Waals surface area contributed by atoms with E-state index in [1.54, 1.807) is 0 Å². The van der Waals surface area contributed by atoms with Crippen molar-refractivity contribution < 1.29 is 9.90 Å². The van der Waals surface area contributed by atoms with Gasteiger partial charge in [-0.05, 0) is 6.42 Å². The van der Waals surface area contributed by atoms with Crippen molar-refractivity contribution in [2.75, 3.05) is 0 Å². The maximum absolute atomic E-state index is 9.60. The van der Waals surface area contributed by atoms with Gasteiger partial charge in [-0.25, -0.2) is 0 Å². The van der Waals surface area contributed by atoms with Crippen LogP contribution >= 0.6 is 0 Å². The molecule has 0 aliphatic carbocycles. The monoisotopic (exact) mass is 178 g/mol. The number of hydrogen-bond donors (Lipinski definition) is 1. The molecule has 0 aliphatic rings. The van der Waals surface area contributed by atoms with Crippen molar-refractivity contribution in [2.45, 2.75) is 19.8 Å². The Morgan fingerprint density at radius 3 is 2.14 bits per heavy atom. The second kappa shape index (κ2) is 6.95. The quantitative estimate of drug-likeness (QED) is 0.601. The minimum absolute atomic E-state index is 0. The Morgan fingerprint density at radius 2 is 2.14 bits per heavy atom. The molecule has 0 saturated carbocycles. The Hall–Kier alpha value is 0.951. The first kappa shape index (κ1) is 10.8. The van der Waals surface area contributed by atoms with Crippen LogP contribution in [-0.4, -0.2) is 56.6 Å². The van der Waals surface area contributed by atoms with Crippen LogP contribution in [0.3, 0.4) is 0 Å². The fourth-order valence-corrected chi connectivity index (χ4v) is 0.214. The standard InChI is InChI=1S/C4H8O2.Sr.2H/c1-2-3-4(5)6;;;/h2-3H2,1H3,(H,5,6);;;. The van der Waals surface area contributed by atoms with Crippen LogP contribution < -0.4 is 0 Å². The summed E-state index contributed by atoms with van der Waals surface area (Å²) in [5, 5.41) is 7.91. The zero-order chi connectivity index (χ0) is 4.99. The average molecular weight is 178 g/mol. The van der Waals surface area contributed by atoms with Gasteiger partial charge in [0, 0.05) is 6.42 Å². The minimum atomic E-state index is -0.711. The van der Waals surface area contributed by atoms with Gasteiger partial charge in [0.2, 0.25) is 0 Å². The predicted octanol–water partition coefficient (Wildman–Crippen LogP) is -0.0451. The van der Waals surface area contributed by atoms with E-state index < -0.39 is 5.97 Å². The van der Waals surface area contributed by atoms with Crippen LogP contribution in [0.2, 0.25) is 0 Å². The summed E-state index contributed by atoms with van der Waals surface area (Å²) >= 11 is 0. The molecule has 0 unspecified atom stereocenters. The van der Waals surface area contributed by atoms with Crippen LogP contribution in [-0.2, 0) is 4.79 Å². The Morgan fingerprint density at radius 1 is 1.71 bits per heavy atom. The van der Waals surface area contributed by atoms with Gasteiger partial charge in [0.05, 0.1) is 0 Å². The molecule has 2 nitrogen and oxygen atoms in total. The molecule has 0 aromatic rings. The molecule has 0 amide bonds. The van der Waals surface area contributed by atoms with Gasteiger partial charge in [-0.1, -0.05) is 6.92 Å². The zero-order valence-corrected chi connectivity index (χ0v) is 3.77. The average Bonchev–Trinajstić information content (AvgIpc) is 1.35. The third kappa shape index (κ3) is 10.9. The Kier molecular flexibility index (Phi) is 10.8. The van der Waals surface area contributed by atoms with Crippen LogP contribution in [0.4, 0.5) is 0 Å². The number of carbonyl (C=O) groups is 1. The molecule has 7 heavy (non-hydrogen) atoms. The predicted molar refractivity (Wildman–Crippen MR) is 31.1 cm³/mol. The summed E-state index contributed by atoms with van der Waals surface area (Å²) in [4.78, 5) is 9.60. The summed E-state index contributed by atoms with van der Waals surface area (Å²) in [5.41, 5.74) is 0. The fourth-order valence-electron chi connectivity index (χ4n) is 0.214. The topological polar surface area (TPSA) is 37.3 Å². The van der Waals surface area contributed by atoms with Crippen molar-refractivity contribution in [3.05, 3.63) is 0 Å². The van der Waals surface area contributed by atoms with Gasteiger partial charge in [0.1, 0.15) is 0 Å². The molecular formula is C4H10O2Sr. The molecule has 0 saturated heterocycles. The van der Waals surface area contributed by atoms with E-state index in [4.69, 9.17) is 5.11 Å². The number of hydrogen-bond acceptors (Lipinski definition) is 1. The Bertz CT molecular complexity index is 53.7. The van der Waals surface area contributed by atoms with Crippen LogP contribution in [0.25, 0.3) is 0 Å². The number of carboxylic acid groups (broad SMARTS) is 1. The molecule has 1 N–H and O–H groups in total.